The second-order valence-corrected chi connectivity index (χ2v) is 4.76. The molecule has 1 aromatic heterocycles. The second-order valence-electron chi connectivity index (χ2n) is 3.78. The molecule has 94 valence electrons. The molecule has 0 aliphatic heterocycles. The number of hydrogen-bond donors (Lipinski definition) is 3. The van der Waals surface area contributed by atoms with Crippen molar-refractivity contribution in [1.82, 2.24) is 10.3 Å². The van der Waals surface area contributed by atoms with E-state index in [9.17, 15) is 4.79 Å². The molecule has 0 saturated carbocycles. The summed E-state index contributed by atoms with van der Waals surface area (Å²) in [5, 5.41) is 5.61. The monoisotopic (exact) mass is 262 g/mol. The predicted octanol–water partition coefficient (Wildman–Crippen LogP) is 1.67. The first kappa shape index (κ1) is 12.5. The van der Waals surface area contributed by atoms with Gasteiger partial charge >= 0.3 is 0 Å². The van der Waals surface area contributed by atoms with Gasteiger partial charge in [0.15, 0.2) is 0 Å². The highest BCUT2D eigenvalue weighted by Crippen LogP contribution is 2.14. The van der Waals surface area contributed by atoms with Gasteiger partial charge in [-0.1, -0.05) is 0 Å². The zero-order valence-corrected chi connectivity index (χ0v) is 10.8. The number of nitrogens with two attached hydrogens (primary N) is 1. The van der Waals surface area contributed by atoms with Gasteiger partial charge in [0, 0.05) is 22.8 Å². The van der Waals surface area contributed by atoms with Crippen molar-refractivity contribution in [1.29, 1.82) is 0 Å². The lowest BCUT2D eigenvalue weighted by Gasteiger charge is -2.08. The van der Waals surface area contributed by atoms with Gasteiger partial charge in [0.25, 0.3) is 5.91 Å². The lowest BCUT2D eigenvalue weighted by Crippen LogP contribution is -2.23. The summed E-state index contributed by atoms with van der Waals surface area (Å²) in [6.45, 7) is 2.33. The SMILES string of the molecule is Cc1cc(NN)ccc1C(=O)NCc1nccs1. The van der Waals surface area contributed by atoms with Crippen LogP contribution < -0.4 is 16.6 Å². The van der Waals surface area contributed by atoms with Crippen molar-refractivity contribution in [3.63, 3.8) is 0 Å². The van der Waals surface area contributed by atoms with Crippen molar-refractivity contribution < 1.29 is 4.79 Å². The van der Waals surface area contributed by atoms with Crippen LogP contribution >= 0.6 is 11.3 Å². The van der Waals surface area contributed by atoms with Crippen LogP contribution in [0.25, 0.3) is 0 Å². The van der Waals surface area contributed by atoms with Crippen molar-refractivity contribution in [2.75, 3.05) is 5.43 Å². The molecule has 6 heteroatoms. The molecule has 1 aromatic carbocycles. The summed E-state index contributed by atoms with van der Waals surface area (Å²) < 4.78 is 0. The lowest BCUT2D eigenvalue weighted by atomic mass is 10.1. The summed E-state index contributed by atoms with van der Waals surface area (Å²) in [4.78, 5) is 16.1. The third-order valence-corrected chi connectivity index (χ3v) is 3.30. The molecule has 2 aromatic rings. The van der Waals surface area contributed by atoms with Gasteiger partial charge in [-0.05, 0) is 30.7 Å². The number of anilines is 1. The average molecular weight is 262 g/mol. The highest BCUT2D eigenvalue weighted by molar-refractivity contribution is 7.09. The molecule has 4 N–H and O–H groups in total. The molecule has 0 spiro atoms. The summed E-state index contributed by atoms with van der Waals surface area (Å²) in [6, 6.07) is 5.35. The first-order chi connectivity index (χ1) is 8.70. The molecule has 1 heterocycles. The normalized spacial score (nSPS) is 10.1. The number of thiazole rings is 1. The van der Waals surface area contributed by atoms with E-state index in [0.29, 0.717) is 12.1 Å². The van der Waals surface area contributed by atoms with E-state index in [1.54, 1.807) is 18.3 Å². The van der Waals surface area contributed by atoms with E-state index in [1.807, 2.05) is 18.4 Å². The van der Waals surface area contributed by atoms with E-state index in [-0.39, 0.29) is 5.91 Å². The van der Waals surface area contributed by atoms with Crippen LogP contribution in [0.1, 0.15) is 20.9 Å². The fraction of sp³-hybridized carbons (Fsp3) is 0.167. The summed E-state index contributed by atoms with van der Waals surface area (Å²) in [5.74, 6) is 5.20. The number of carbonyl (C=O) groups excluding carboxylic acids is 1. The van der Waals surface area contributed by atoms with Crippen LogP contribution in [0, 0.1) is 6.92 Å². The van der Waals surface area contributed by atoms with Crippen molar-refractivity contribution in [3.8, 4) is 0 Å². The number of hydrogen-bond acceptors (Lipinski definition) is 5. The van der Waals surface area contributed by atoms with Crippen LogP contribution in [0.4, 0.5) is 5.69 Å². The molecule has 0 aliphatic carbocycles. The van der Waals surface area contributed by atoms with Crippen LogP contribution in [0.2, 0.25) is 0 Å². The standard InChI is InChI=1S/C12H14N4OS/c1-8-6-9(16-13)2-3-10(8)12(17)15-7-11-14-4-5-18-11/h2-6,16H,7,13H2,1H3,(H,15,17). The fourth-order valence-corrected chi connectivity index (χ4v) is 2.16. The lowest BCUT2D eigenvalue weighted by molar-refractivity contribution is 0.0950. The minimum absolute atomic E-state index is 0.105. The maximum absolute atomic E-state index is 12.0. The van der Waals surface area contributed by atoms with Crippen molar-refractivity contribution in [2.24, 2.45) is 5.84 Å². The van der Waals surface area contributed by atoms with Crippen molar-refractivity contribution in [3.05, 3.63) is 45.9 Å². The van der Waals surface area contributed by atoms with E-state index in [4.69, 9.17) is 5.84 Å². The molecule has 0 fully saturated rings. The first-order valence-electron chi connectivity index (χ1n) is 5.44. The van der Waals surface area contributed by atoms with Gasteiger partial charge in [-0.15, -0.1) is 11.3 Å². The van der Waals surface area contributed by atoms with Crippen LogP contribution in [-0.2, 0) is 6.54 Å². The van der Waals surface area contributed by atoms with Gasteiger partial charge in [-0.3, -0.25) is 10.6 Å². The maximum Gasteiger partial charge on any atom is 0.251 e. The van der Waals surface area contributed by atoms with Crippen LogP contribution in [0.5, 0.6) is 0 Å². The number of nitrogen functional groups attached to an aromatic ring is 1. The summed E-state index contributed by atoms with van der Waals surface area (Å²) in [5.41, 5.74) is 4.85. The van der Waals surface area contributed by atoms with E-state index in [0.717, 1.165) is 16.3 Å². The summed E-state index contributed by atoms with van der Waals surface area (Å²) in [7, 11) is 0. The van der Waals surface area contributed by atoms with Gasteiger partial charge in [-0.25, -0.2) is 4.98 Å². The number of hydrazine groups is 1. The smallest absolute Gasteiger partial charge is 0.251 e. The number of rotatable bonds is 4. The second kappa shape index (κ2) is 5.61. The first-order valence-corrected chi connectivity index (χ1v) is 6.32. The maximum atomic E-state index is 12.0. The number of benzene rings is 1. The number of carbonyl (C=O) groups is 1. The Hall–Kier alpha value is -1.92. The third kappa shape index (κ3) is 2.85. The highest BCUT2D eigenvalue weighted by Gasteiger charge is 2.09. The molecule has 0 radical (unpaired) electrons. The quantitative estimate of drug-likeness (QED) is 0.578. The van der Waals surface area contributed by atoms with Crippen LogP contribution in [-0.4, -0.2) is 10.9 Å². The minimum Gasteiger partial charge on any atom is -0.346 e. The van der Waals surface area contributed by atoms with E-state index < -0.39 is 0 Å². The largest absolute Gasteiger partial charge is 0.346 e. The molecule has 2 rings (SSSR count). The molecular weight excluding hydrogens is 248 g/mol. The Morgan fingerprint density at radius 2 is 2.33 bits per heavy atom. The molecule has 5 nitrogen and oxygen atoms in total. The van der Waals surface area contributed by atoms with E-state index >= 15 is 0 Å². The van der Waals surface area contributed by atoms with Gasteiger partial charge < -0.3 is 10.7 Å². The van der Waals surface area contributed by atoms with Gasteiger partial charge in [0.2, 0.25) is 0 Å². The van der Waals surface area contributed by atoms with E-state index in [1.165, 1.54) is 11.3 Å². The molecular formula is C12H14N4OS. The zero-order valence-electron chi connectivity index (χ0n) is 9.93. The van der Waals surface area contributed by atoms with Crippen molar-refractivity contribution >= 4 is 22.9 Å². The molecule has 18 heavy (non-hydrogen) atoms. The highest BCUT2D eigenvalue weighted by atomic mass is 32.1. The third-order valence-electron chi connectivity index (χ3n) is 2.52. The molecule has 0 aliphatic rings. The molecule has 1 amide bonds. The Balaban J connectivity index is 2.04. The summed E-state index contributed by atoms with van der Waals surface area (Å²) in [6.07, 6.45) is 1.72. The molecule has 0 unspecified atom stereocenters. The number of nitrogens with zero attached hydrogens (tertiary/aromatic N) is 1. The Morgan fingerprint density at radius 1 is 1.50 bits per heavy atom. The Kier molecular flexibility index (Phi) is 3.91. The van der Waals surface area contributed by atoms with Crippen LogP contribution in [0.15, 0.2) is 29.8 Å². The predicted molar refractivity (Wildman–Crippen MR) is 72.3 cm³/mol. The van der Waals surface area contributed by atoms with E-state index in [2.05, 4.69) is 15.7 Å². The molecule has 0 atom stereocenters. The number of nitrogens with one attached hydrogen (secondary N) is 2. The number of amides is 1. The summed E-state index contributed by atoms with van der Waals surface area (Å²) >= 11 is 1.52. The Morgan fingerprint density at radius 3 is 2.94 bits per heavy atom. The van der Waals surface area contributed by atoms with Crippen LogP contribution in [0.3, 0.4) is 0 Å². The van der Waals surface area contributed by atoms with Crippen molar-refractivity contribution in [2.45, 2.75) is 13.5 Å². The number of aromatic nitrogens is 1. The zero-order chi connectivity index (χ0) is 13.0. The minimum atomic E-state index is -0.105. The topological polar surface area (TPSA) is 80.0 Å². The number of aryl methyl sites for hydroxylation is 1. The Bertz CT molecular complexity index is 539. The molecule has 0 bridgehead atoms. The van der Waals surface area contributed by atoms with Gasteiger partial charge in [0.05, 0.1) is 6.54 Å². The Labute approximate surface area is 109 Å². The van der Waals surface area contributed by atoms with Gasteiger partial charge in [-0.2, -0.15) is 0 Å². The van der Waals surface area contributed by atoms with Gasteiger partial charge in [0.1, 0.15) is 5.01 Å². The average Bonchev–Trinajstić information content (AvgIpc) is 2.88. The fourth-order valence-electron chi connectivity index (χ4n) is 1.60. The molecule has 0 saturated heterocycles.